The monoisotopic (exact) mass is 490 g/mol. The number of benzene rings is 1. The number of aryl methyl sites for hydroxylation is 3. The first kappa shape index (κ1) is 23.4. The Bertz CT molecular complexity index is 1250. The largest absolute Gasteiger partial charge is 0.496 e. The van der Waals surface area contributed by atoms with Gasteiger partial charge in [0.2, 0.25) is 15.9 Å². The summed E-state index contributed by atoms with van der Waals surface area (Å²) in [6.07, 6.45) is 0.858. The zero-order valence-electron chi connectivity index (χ0n) is 18.9. The van der Waals surface area contributed by atoms with Crippen LogP contribution in [0.2, 0.25) is 0 Å². The summed E-state index contributed by atoms with van der Waals surface area (Å²) in [5, 5.41) is 9.02. The number of amides is 1. The zero-order chi connectivity index (χ0) is 23.8. The van der Waals surface area contributed by atoms with Crippen molar-refractivity contribution in [2.45, 2.75) is 38.5 Å². The van der Waals surface area contributed by atoms with Crippen molar-refractivity contribution in [3.05, 3.63) is 40.6 Å². The van der Waals surface area contributed by atoms with Gasteiger partial charge in [-0.2, -0.15) is 4.31 Å². The molecule has 3 heterocycles. The molecule has 0 spiro atoms. The third kappa shape index (κ3) is 4.66. The van der Waals surface area contributed by atoms with Gasteiger partial charge in [0.1, 0.15) is 16.3 Å². The van der Waals surface area contributed by atoms with E-state index in [1.54, 1.807) is 21.0 Å². The molecular weight excluding hydrogens is 464 g/mol. The Morgan fingerprint density at radius 3 is 2.61 bits per heavy atom. The van der Waals surface area contributed by atoms with E-state index in [2.05, 4.69) is 15.5 Å². The average Bonchev–Trinajstić information content (AvgIpc) is 3.39. The molecule has 1 fully saturated rings. The van der Waals surface area contributed by atoms with Gasteiger partial charge in [0.15, 0.2) is 10.9 Å². The Morgan fingerprint density at radius 1 is 1.24 bits per heavy atom. The number of sulfonamides is 1. The summed E-state index contributed by atoms with van der Waals surface area (Å²) in [4.78, 5) is 17.5. The van der Waals surface area contributed by atoms with E-state index in [0.717, 1.165) is 22.6 Å². The second-order valence-electron chi connectivity index (χ2n) is 8.06. The molecule has 1 aliphatic rings. The third-order valence-corrected chi connectivity index (χ3v) is 8.66. The van der Waals surface area contributed by atoms with Crippen molar-refractivity contribution >= 4 is 32.4 Å². The summed E-state index contributed by atoms with van der Waals surface area (Å²) in [5.41, 5.74) is 3.03. The number of carbonyl (C=O) groups is 1. The fourth-order valence-corrected chi connectivity index (χ4v) is 6.49. The van der Waals surface area contributed by atoms with Crippen molar-refractivity contribution in [2.24, 2.45) is 5.92 Å². The third-order valence-electron chi connectivity index (χ3n) is 5.76. The van der Waals surface area contributed by atoms with Crippen LogP contribution in [0.25, 0.3) is 11.3 Å². The van der Waals surface area contributed by atoms with E-state index >= 15 is 0 Å². The highest BCUT2D eigenvalue weighted by atomic mass is 32.2. The minimum Gasteiger partial charge on any atom is -0.496 e. The Balaban J connectivity index is 1.40. The van der Waals surface area contributed by atoms with Crippen molar-refractivity contribution in [1.29, 1.82) is 0 Å². The van der Waals surface area contributed by atoms with Crippen LogP contribution < -0.4 is 10.1 Å². The van der Waals surface area contributed by atoms with Crippen LogP contribution in [0.1, 0.15) is 29.9 Å². The lowest BCUT2D eigenvalue weighted by Crippen LogP contribution is -2.41. The fourth-order valence-electron chi connectivity index (χ4n) is 4.01. The smallest absolute Gasteiger partial charge is 0.248 e. The number of ether oxygens (including phenoxy) is 1. The van der Waals surface area contributed by atoms with Crippen LogP contribution in [0, 0.1) is 26.7 Å². The number of piperidine rings is 1. The van der Waals surface area contributed by atoms with Gasteiger partial charge in [0.05, 0.1) is 12.8 Å². The first-order valence-electron chi connectivity index (χ1n) is 10.5. The summed E-state index contributed by atoms with van der Waals surface area (Å²) < 4.78 is 37.8. The van der Waals surface area contributed by atoms with E-state index in [1.807, 2.05) is 30.5 Å². The van der Waals surface area contributed by atoms with Crippen molar-refractivity contribution in [1.82, 2.24) is 14.4 Å². The quantitative estimate of drug-likeness (QED) is 0.559. The highest BCUT2D eigenvalue weighted by molar-refractivity contribution is 7.89. The van der Waals surface area contributed by atoms with Gasteiger partial charge in [0.25, 0.3) is 0 Å². The van der Waals surface area contributed by atoms with Crippen molar-refractivity contribution in [3.63, 3.8) is 0 Å². The van der Waals surface area contributed by atoms with Gasteiger partial charge in [-0.1, -0.05) is 16.8 Å². The molecule has 0 bridgehead atoms. The van der Waals surface area contributed by atoms with Crippen molar-refractivity contribution in [2.75, 3.05) is 25.5 Å². The Labute approximate surface area is 196 Å². The molecule has 2 aromatic heterocycles. The minimum atomic E-state index is -3.70. The molecule has 0 saturated carbocycles. The van der Waals surface area contributed by atoms with Gasteiger partial charge in [0, 0.05) is 30.0 Å². The molecule has 1 aliphatic heterocycles. The van der Waals surface area contributed by atoms with Crippen LogP contribution in [-0.4, -0.2) is 49.0 Å². The number of rotatable bonds is 6. The van der Waals surface area contributed by atoms with Crippen molar-refractivity contribution < 1.29 is 22.5 Å². The maximum atomic E-state index is 13.0. The molecule has 11 heteroatoms. The van der Waals surface area contributed by atoms with E-state index in [1.165, 1.54) is 15.6 Å². The number of anilines is 1. The SMILES string of the molecule is COc1ccc(C)cc1-c1csc(NC(=O)C2CCN(S(=O)(=O)c3c(C)noc3C)CC2)n1. The molecule has 9 nitrogen and oxygen atoms in total. The number of hydrogen-bond donors (Lipinski definition) is 1. The number of nitrogens with one attached hydrogen (secondary N) is 1. The lowest BCUT2D eigenvalue weighted by atomic mass is 9.97. The van der Waals surface area contributed by atoms with E-state index < -0.39 is 10.0 Å². The van der Waals surface area contributed by atoms with Gasteiger partial charge in [-0.3, -0.25) is 4.79 Å². The van der Waals surface area contributed by atoms with Crippen LogP contribution in [0.15, 0.2) is 33.0 Å². The summed E-state index contributed by atoms with van der Waals surface area (Å²) in [6.45, 7) is 5.71. The molecule has 0 atom stereocenters. The van der Waals surface area contributed by atoms with Gasteiger partial charge < -0.3 is 14.6 Å². The summed E-state index contributed by atoms with van der Waals surface area (Å²) in [5.74, 6) is 0.552. The molecular formula is C22H26N4O5S2. The molecule has 0 radical (unpaired) electrons. The van der Waals surface area contributed by atoms with Crippen LogP contribution >= 0.6 is 11.3 Å². The molecule has 176 valence electrons. The molecule has 0 unspecified atom stereocenters. The second kappa shape index (κ2) is 9.24. The lowest BCUT2D eigenvalue weighted by Gasteiger charge is -2.30. The van der Waals surface area contributed by atoms with Crippen molar-refractivity contribution in [3.8, 4) is 17.0 Å². The number of thiazole rings is 1. The predicted molar refractivity (Wildman–Crippen MR) is 125 cm³/mol. The van der Waals surface area contributed by atoms with E-state index in [4.69, 9.17) is 9.26 Å². The minimum absolute atomic E-state index is 0.118. The number of carbonyl (C=O) groups excluding carboxylic acids is 1. The first-order valence-corrected chi connectivity index (χ1v) is 12.9. The maximum absolute atomic E-state index is 13.0. The van der Waals surface area contributed by atoms with Crippen LogP contribution in [0.5, 0.6) is 5.75 Å². The standard InChI is InChI=1S/C22H26N4O5S2/c1-13-5-6-19(30-4)17(11-13)18-12-32-22(23-18)24-21(27)16-7-9-26(10-8-16)33(28,29)20-14(2)25-31-15(20)3/h5-6,11-12,16H,7-10H2,1-4H3,(H,23,24,27). The average molecular weight is 491 g/mol. The number of hydrogen-bond acceptors (Lipinski definition) is 8. The first-order chi connectivity index (χ1) is 15.7. The topological polar surface area (TPSA) is 115 Å². The molecule has 4 rings (SSSR count). The molecule has 1 aromatic carbocycles. The Kier molecular flexibility index (Phi) is 6.55. The molecule has 33 heavy (non-hydrogen) atoms. The van der Waals surface area contributed by atoms with E-state index in [0.29, 0.717) is 23.7 Å². The second-order valence-corrected chi connectivity index (χ2v) is 10.8. The highest BCUT2D eigenvalue weighted by Crippen LogP contribution is 2.34. The lowest BCUT2D eigenvalue weighted by molar-refractivity contribution is -0.120. The van der Waals surface area contributed by atoms with E-state index in [9.17, 15) is 13.2 Å². The van der Waals surface area contributed by atoms with Gasteiger partial charge in [-0.25, -0.2) is 13.4 Å². The zero-order valence-corrected chi connectivity index (χ0v) is 20.5. The summed E-state index contributed by atoms with van der Waals surface area (Å²) in [7, 11) is -2.09. The highest BCUT2D eigenvalue weighted by Gasteiger charge is 2.35. The van der Waals surface area contributed by atoms with Crippen LogP contribution in [0.4, 0.5) is 5.13 Å². The molecule has 1 amide bonds. The van der Waals surface area contributed by atoms with Crippen LogP contribution in [-0.2, 0) is 14.8 Å². The maximum Gasteiger partial charge on any atom is 0.248 e. The van der Waals surface area contributed by atoms with Crippen LogP contribution in [0.3, 0.4) is 0 Å². The number of methoxy groups -OCH3 is 1. The fraction of sp³-hybridized carbons (Fsp3) is 0.409. The normalized spacial score (nSPS) is 15.5. The van der Waals surface area contributed by atoms with E-state index in [-0.39, 0.29) is 35.6 Å². The molecule has 0 aliphatic carbocycles. The summed E-state index contributed by atoms with van der Waals surface area (Å²) in [6, 6.07) is 5.86. The Hall–Kier alpha value is -2.76. The van der Waals surface area contributed by atoms with Gasteiger partial charge in [-0.05, 0) is 45.7 Å². The number of nitrogens with zero attached hydrogens (tertiary/aromatic N) is 3. The Morgan fingerprint density at radius 2 is 1.97 bits per heavy atom. The number of aromatic nitrogens is 2. The molecule has 1 saturated heterocycles. The summed E-state index contributed by atoms with van der Waals surface area (Å²) >= 11 is 1.35. The van der Waals surface area contributed by atoms with Gasteiger partial charge in [-0.15, -0.1) is 11.3 Å². The predicted octanol–water partition coefficient (Wildman–Crippen LogP) is 3.77. The molecule has 3 aromatic rings. The van der Waals surface area contributed by atoms with Gasteiger partial charge >= 0.3 is 0 Å². The molecule has 1 N–H and O–H groups in total.